The average molecular weight is 244 g/mol. The first kappa shape index (κ1) is 14.0. The fourth-order valence-electron chi connectivity index (χ4n) is 2.12. The van der Waals surface area contributed by atoms with Crippen LogP contribution in [0.1, 0.15) is 52.9 Å². The second-order valence-corrected chi connectivity index (χ2v) is 7.49. The predicted molar refractivity (Wildman–Crippen MR) is 70.4 cm³/mol. The molecule has 2 nitrogen and oxygen atoms in total. The van der Waals surface area contributed by atoms with Crippen LogP contribution in [0.25, 0.3) is 0 Å². The first-order valence-corrected chi connectivity index (χ1v) is 8.47. The third-order valence-electron chi connectivity index (χ3n) is 3.04. The van der Waals surface area contributed by atoms with E-state index in [1.54, 1.807) is 0 Å². The fourth-order valence-corrected chi connectivity index (χ4v) is 4.65. The van der Waals surface area contributed by atoms with Crippen LogP contribution in [-0.4, -0.2) is 18.4 Å². The highest BCUT2D eigenvalue weighted by molar-refractivity contribution is 7.59. The van der Waals surface area contributed by atoms with Crippen LogP contribution < -0.4 is 0 Å². The summed E-state index contributed by atoms with van der Waals surface area (Å²) in [4.78, 5) is 0. The molecule has 0 aromatic rings. The Morgan fingerprint density at radius 1 is 1.44 bits per heavy atom. The highest BCUT2D eigenvalue weighted by Gasteiger charge is 2.29. The van der Waals surface area contributed by atoms with Crippen LogP contribution in [0.4, 0.5) is 0 Å². The van der Waals surface area contributed by atoms with E-state index in [0.29, 0.717) is 12.3 Å². The molecule has 1 aliphatic rings. The lowest BCUT2D eigenvalue weighted by atomic mass is 10.1. The molecule has 0 saturated heterocycles. The van der Waals surface area contributed by atoms with Crippen molar-refractivity contribution in [3.63, 3.8) is 0 Å². The molecule has 0 aliphatic carbocycles. The van der Waals surface area contributed by atoms with Gasteiger partial charge in [0.05, 0.1) is 6.10 Å². The largest absolute Gasteiger partial charge is 0.325 e. The Labute approximate surface area is 99.9 Å². The van der Waals surface area contributed by atoms with Crippen LogP contribution in [0.15, 0.2) is 11.6 Å². The Balaban J connectivity index is 2.19. The van der Waals surface area contributed by atoms with Crippen molar-refractivity contribution >= 4 is 7.37 Å². The summed E-state index contributed by atoms with van der Waals surface area (Å²) in [6.07, 6.45) is 9.61. The maximum atomic E-state index is 12.2. The molecule has 1 aliphatic heterocycles. The van der Waals surface area contributed by atoms with Gasteiger partial charge in [-0.15, -0.1) is 0 Å². The van der Waals surface area contributed by atoms with E-state index in [0.717, 1.165) is 6.42 Å². The van der Waals surface area contributed by atoms with Gasteiger partial charge in [0.25, 0.3) is 0 Å². The van der Waals surface area contributed by atoms with E-state index >= 15 is 0 Å². The van der Waals surface area contributed by atoms with Gasteiger partial charge in [-0.25, -0.2) is 0 Å². The number of rotatable bonds is 7. The standard InChI is InChI=1S/C13H25O2P/c1-4-5-6-7-8-13(3)15-16(14)10-9-12(2)11-16/h9,13H,4-8,10-11H2,1-3H3. The summed E-state index contributed by atoms with van der Waals surface area (Å²) in [5, 5.41) is 0. The molecule has 0 radical (unpaired) electrons. The smallest absolute Gasteiger partial charge is 0.210 e. The molecule has 0 fully saturated rings. The topological polar surface area (TPSA) is 26.3 Å². The summed E-state index contributed by atoms with van der Waals surface area (Å²) in [6.45, 7) is 6.30. The third kappa shape index (κ3) is 4.84. The number of hydrogen-bond donors (Lipinski definition) is 0. The van der Waals surface area contributed by atoms with E-state index in [4.69, 9.17) is 4.52 Å². The van der Waals surface area contributed by atoms with Crippen LogP contribution in [0.2, 0.25) is 0 Å². The van der Waals surface area contributed by atoms with Crippen molar-refractivity contribution in [2.75, 3.05) is 12.3 Å². The minimum Gasteiger partial charge on any atom is -0.325 e. The van der Waals surface area contributed by atoms with Gasteiger partial charge < -0.3 is 4.52 Å². The molecule has 1 rings (SSSR count). The van der Waals surface area contributed by atoms with Crippen molar-refractivity contribution < 1.29 is 9.09 Å². The van der Waals surface area contributed by atoms with Gasteiger partial charge in [-0.1, -0.05) is 44.3 Å². The summed E-state index contributed by atoms with van der Waals surface area (Å²) in [7, 11) is -2.33. The highest BCUT2D eigenvalue weighted by atomic mass is 31.2. The second-order valence-electron chi connectivity index (χ2n) is 4.97. The van der Waals surface area contributed by atoms with E-state index in [1.165, 1.54) is 31.3 Å². The van der Waals surface area contributed by atoms with Crippen LogP contribution in [0.3, 0.4) is 0 Å². The van der Waals surface area contributed by atoms with Crippen molar-refractivity contribution in [2.24, 2.45) is 0 Å². The average Bonchev–Trinajstić information content (AvgIpc) is 2.53. The molecular weight excluding hydrogens is 219 g/mol. The highest BCUT2D eigenvalue weighted by Crippen LogP contribution is 2.53. The summed E-state index contributed by atoms with van der Waals surface area (Å²) in [5.74, 6) is 0. The molecule has 3 heteroatoms. The van der Waals surface area contributed by atoms with Gasteiger partial charge in [0, 0.05) is 12.3 Å². The van der Waals surface area contributed by atoms with Gasteiger partial charge in [0.2, 0.25) is 7.37 Å². The monoisotopic (exact) mass is 244 g/mol. The molecule has 0 spiro atoms. The minimum absolute atomic E-state index is 0.155. The maximum Gasteiger partial charge on any atom is 0.210 e. The molecule has 94 valence electrons. The molecular formula is C13H25O2P. The Morgan fingerprint density at radius 3 is 2.75 bits per heavy atom. The van der Waals surface area contributed by atoms with Crippen LogP contribution >= 0.6 is 7.37 Å². The van der Waals surface area contributed by atoms with Crippen LogP contribution in [0.5, 0.6) is 0 Å². The third-order valence-corrected chi connectivity index (χ3v) is 5.51. The number of allylic oxidation sites excluding steroid dienone is 2. The summed E-state index contributed by atoms with van der Waals surface area (Å²) in [6, 6.07) is 0. The molecule has 2 atom stereocenters. The van der Waals surface area contributed by atoms with Gasteiger partial charge >= 0.3 is 0 Å². The predicted octanol–water partition coefficient (Wildman–Crippen LogP) is 4.60. The van der Waals surface area contributed by atoms with Crippen molar-refractivity contribution in [3.05, 3.63) is 11.6 Å². The lowest BCUT2D eigenvalue weighted by Gasteiger charge is -2.19. The zero-order chi connectivity index (χ0) is 12.0. The Bertz CT molecular complexity index is 284. The molecule has 0 N–H and O–H groups in total. The zero-order valence-corrected chi connectivity index (χ0v) is 11.8. The minimum atomic E-state index is -2.33. The summed E-state index contributed by atoms with van der Waals surface area (Å²) in [5.41, 5.74) is 1.22. The summed E-state index contributed by atoms with van der Waals surface area (Å²) < 4.78 is 18.0. The van der Waals surface area contributed by atoms with Gasteiger partial charge in [-0.05, 0) is 20.3 Å². The normalized spacial score (nSPS) is 26.8. The molecule has 1 heterocycles. The SMILES string of the molecule is CCCCCCC(C)OP1(=O)CC=C(C)C1. The van der Waals surface area contributed by atoms with Gasteiger partial charge in [0.1, 0.15) is 0 Å². The molecule has 0 aromatic carbocycles. The van der Waals surface area contributed by atoms with Gasteiger partial charge in [-0.3, -0.25) is 4.57 Å². The molecule has 2 unspecified atom stereocenters. The molecule has 0 aromatic heterocycles. The molecule has 16 heavy (non-hydrogen) atoms. The quantitative estimate of drug-likeness (QED) is 0.371. The van der Waals surface area contributed by atoms with E-state index < -0.39 is 7.37 Å². The summed E-state index contributed by atoms with van der Waals surface area (Å²) >= 11 is 0. The number of unbranched alkanes of at least 4 members (excludes halogenated alkanes) is 3. The van der Waals surface area contributed by atoms with Crippen LogP contribution in [0, 0.1) is 0 Å². The van der Waals surface area contributed by atoms with E-state index in [1.807, 2.05) is 6.92 Å². The van der Waals surface area contributed by atoms with E-state index in [9.17, 15) is 4.57 Å². The lowest BCUT2D eigenvalue weighted by Crippen LogP contribution is -2.07. The zero-order valence-electron chi connectivity index (χ0n) is 10.9. The van der Waals surface area contributed by atoms with Crippen LogP contribution in [-0.2, 0) is 9.09 Å². The molecule has 0 saturated carbocycles. The number of hydrogen-bond acceptors (Lipinski definition) is 2. The van der Waals surface area contributed by atoms with Gasteiger partial charge in [-0.2, -0.15) is 0 Å². The molecule has 0 amide bonds. The Hall–Kier alpha value is -0.0700. The Kier molecular flexibility index (Phi) is 5.78. The van der Waals surface area contributed by atoms with Crippen molar-refractivity contribution in [3.8, 4) is 0 Å². The Morgan fingerprint density at radius 2 is 2.19 bits per heavy atom. The first-order chi connectivity index (χ1) is 7.56. The maximum absolute atomic E-state index is 12.2. The fraction of sp³-hybridized carbons (Fsp3) is 0.846. The first-order valence-electron chi connectivity index (χ1n) is 6.48. The lowest BCUT2D eigenvalue weighted by molar-refractivity contribution is 0.211. The molecule has 0 bridgehead atoms. The van der Waals surface area contributed by atoms with E-state index in [-0.39, 0.29) is 6.10 Å². The van der Waals surface area contributed by atoms with Crippen molar-refractivity contribution in [1.29, 1.82) is 0 Å². The van der Waals surface area contributed by atoms with Crippen molar-refractivity contribution in [2.45, 2.75) is 59.0 Å². The van der Waals surface area contributed by atoms with Crippen molar-refractivity contribution in [1.82, 2.24) is 0 Å². The van der Waals surface area contributed by atoms with Gasteiger partial charge in [0.15, 0.2) is 0 Å². The van der Waals surface area contributed by atoms with E-state index in [2.05, 4.69) is 19.9 Å². The second kappa shape index (κ2) is 6.61.